The number of ether oxygens (including phenoxy) is 2. The van der Waals surface area contributed by atoms with E-state index in [1.165, 1.54) is 35.0 Å². The third-order valence-electron chi connectivity index (χ3n) is 3.99. The number of hydrogen-bond acceptors (Lipinski definition) is 5. The van der Waals surface area contributed by atoms with Gasteiger partial charge in [-0.15, -0.1) is 0 Å². The standard InChI is InChI=1S/C18H20FN3O4/c1-2-25-16-10-15(23)17(18(24)20-11-14-4-3-9-26-14)21-22(16)13-7-5-12(19)6-8-13/h5-8,10,14H,2-4,9,11H2,1H3,(H,20,24). The Kier molecular flexibility index (Phi) is 5.62. The van der Waals surface area contributed by atoms with Crippen LogP contribution in [0.2, 0.25) is 0 Å². The first kappa shape index (κ1) is 18.1. The van der Waals surface area contributed by atoms with Gasteiger partial charge in [-0.05, 0) is 44.0 Å². The maximum Gasteiger partial charge on any atom is 0.275 e. The van der Waals surface area contributed by atoms with Crippen LogP contribution in [0.15, 0.2) is 35.1 Å². The second-order valence-corrected chi connectivity index (χ2v) is 5.86. The summed E-state index contributed by atoms with van der Waals surface area (Å²) in [6, 6.07) is 6.72. The van der Waals surface area contributed by atoms with Crippen LogP contribution in [0, 0.1) is 5.82 Å². The van der Waals surface area contributed by atoms with Crippen LogP contribution in [0.25, 0.3) is 5.69 Å². The molecule has 1 aromatic carbocycles. The number of benzene rings is 1. The van der Waals surface area contributed by atoms with Crippen LogP contribution < -0.4 is 15.5 Å². The number of amides is 1. The Morgan fingerprint density at radius 2 is 2.19 bits per heavy atom. The van der Waals surface area contributed by atoms with Crippen molar-refractivity contribution in [1.82, 2.24) is 15.1 Å². The molecule has 0 saturated carbocycles. The minimum atomic E-state index is -0.579. The normalized spacial score (nSPS) is 16.5. The van der Waals surface area contributed by atoms with Crippen LogP contribution in [0.3, 0.4) is 0 Å². The Bertz CT molecular complexity index is 829. The lowest BCUT2D eigenvalue weighted by Crippen LogP contribution is -2.36. The first-order valence-corrected chi connectivity index (χ1v) is 8.51. The van der Waals surface area contributed by atoms with Gasteiger partial charge in [-0.1, -0.05) is 0 Å². The van der Waals surface area contributed by atoms with Crippen molar-refractivity contribution >= 4 is 5.91 Å². The quantitative estimate of drug-likeness (QED) is 0.846. The molecule has 0 spiro atoms. The van der Waals surface area contributed by atoms with Crippen LogP contribution in [-0.4, -0.2) is 41.6 Å². The molecule has 0 aliphatic carbocycles. The summed E-state index contributed by atoms with van der Waals surface area (Å²) in [6.07, 6.45) is 1.79. The number of carbonyl (C=O) groups is 1. The molecule has 1 aliphatic heterocycles. The molecule has 7 nitrogen and oxygen atoms in total. The van der Waals surface area contributed by atoms with E-state index in [1.807, 2.05) is 0 Å². The molecule has 3 rings (SSSR count). The Morgan fingerprint density at radius 3 is 2.85 bits per heavy atom. The fourth-order valence-corrected chi connectivity index (χ4v) is 2.71. The second-order valence-electron chi connectivity index (χ2n) is 5.86. The molecule has 2 aromatic rings. The zero-order valence-electron chi connectivity index (χ0n) is 14.4. The van der Waals surface area contributed by atoms with E-state index in [9.17, 15) is 14.0 Å². The molecule has 1 saturated heterocycles. The summed E-state index contributed by atoms with van der Waals surface area (Å²) in [7, 11) is 0. The molecule has 26 heavy (non-hydrogen) atoms. The second kappa shape index (κ2) is 8.09. The number of hydrogen-bond donors (Lipinski definition) is 1. The monoisotopic (exact) mass is 361 g/mol. The van der Waals surface area contributed by atoms with Crippen LogP contribution >= 0.6 is 0 Å². The molecule has 0 radical (unpaired) electrons. The van der Waals surface area contributed by atoms with E-state index in [-0.39, 0.29) is 17.7 Å². The van der Waals surface area contributed by atoms with Crippen LogP contribution in [0.1, 0.15) is 30.3 Å². The third kappa shape index (κ3) is 4.08. The maximum absolute atomic E-state index is 13.2. The molecule has 1 aromatic heterocycles. The van der Waals surface area contributed by atoms with Gasteiger partial charge in [0.25, 0.3) is 5.91 Å². The van der Waals surface area contributed by atoms with E-state index in [2.05, 4.69) is 10.4 Å². The van der Waals surface area contributed by atoms with Gasteiger partial charge in [0, 0.05) is 13.2 Å². The smallest absolute Gasteiger partial charge is 0.275 e. The van der Waals surface area contributed by atoms with Crippen molar-refractivity contribution in [3.05, 3.63) is 52.1 Å². The average molecular weight is 361 g/mol. The first-order valence-electron chi connectivity index (χ1n) is 8.51. The van der Waals surface area contributed by atoms with Crippen molar-refractivity contribution in [2.24, 2.45) is 0 Å². The topological polar surface area (TPSA) is 82.5 Å². The predicted molar refractivity (Wildman–Crippen MR) is 92.3 cm³/mol. The zero-order chi connectivity index (χ0) is 18.5. The number of nitrogens with zero attached hydrogens (tertiary/aromatic N) is 2. The van der Waals surface area contributed by atoms with Gasteiger partial charge < -0.3 is 14.8 Å². The van der Waals surface area contributed by atoms with Crippen LogP contribution in [-0.2, 0) is 4.74 Å². The summed E-state index contributed by atoms with van der Waals surface area (Å²) in [6.45, 7) is 3.08. The predicted octanol–water partition coefficient (Wildman–Crippen LogP) is 1.68. The van der Waals surface area contributed by atoms with E-state index in [4.69, 9.17) is 9.47 Å². The van der Waals surface area contributed by atoms with Crippen molar-refractivity contribution in [3.8, 4) is 11.6 Å². The van der Waals surface area contributed by atoms with Crippen molar-refractivity contribution in [3.63, 3.8) is 0 Å². The molecular formula is C18H20FN3O4. The molecular weight excluding hydrogens is 341 g/mol. The molecule has 1 aliphatic rings. The third-order valence-corrected chi connectivity index (χ3v) is 3.99. The maximum atomic E-state index is 13.2. The van der Waals surface area contributed by atoms with Gasteiger partial charge in [-0.25, -0.2) is 9.07 Å². The van der Waals surface area contributed by atoms with Gasteiger partial charge in [0.05, 0.1) is 24.5 Å². The fraction of sp³-hybridized carbons (Fsp3) is 0.389. The van der Waals surface area contributed by atoms with Gasteiger partial charge in [-0.2, -0.15) is 5.10 Å². The summed E-state index contributed by atoms with van der Waals surface area (Å²) >= 11 is 0. The SMILES string of the molecule is CCOc1cc(=O)c(C(=O)NCC2CCCO2)nn1-c1ccc(F)cc1. The van der Waals surface area contributed by atoms with Gasteiger partial charge in [0.1, 0.15) is 5.82 Å². The lowest BCUT2D eigenvalue weighted by Gasteiger charge is -2.14. The lowest BCUT2D eigenvalue weighted by atomic mass is 10.2. The number of halogens is 1. The Balaban J connectivity index is 1.89. The zero-order valence-corrected chi connectivity index (χ0v) is 14.4. The molecule has 1 atom stereocenters. The summed E-state index contributed by atoms with van der Waals surface area (Å²) in [5, 5.41) is 6.82. The van der Waals surface area contributed by atoms with Crippen molar-refractivity contribution in [2.45, 2.75) is 25.9 Å². The Hall–Kier alpha value is -2.74. The Labute approximate surface area is 149 Å². The van der Waals surface area contributed by atoms with Crippen molar-refractivity contribution in [2.75, 3.05) is 19.8 Å². The largest absolute Gasteiger partial charge is 0.478 e. The van der Waals surface area contributed by atoms with Crippen LogP contribution in [0.4, 0.5) is 4.39 Å². The lowest BCUT2D eigenvalue weighted by molar-refractivity contribution is 0.0851. The average Bonchev–Trinajstić information content (AvgIpc) is 3.15. The van der Waals surface area contributed by atoms with Gasteiger partial charge in [0.2, 0.25) is 11.3 Å². The van der Waals surface area contributed by atoms with Crippen molar-refractivity contribution in [1.29, 1.82) is 0 Å². The summed E-state index contributed by atoms with van der Waals surface area (Å²) < 4.78 is 25.4. The molecule has 1 N–H and O–H groups in total. The molecule has 1 fully saturated rings. The highest BCUT2D eigenvalue weighted by molar-refractivity contribution is 5.92. The summed E-state index contributed by atoms with van der Waals surface area (Å²) in [4.78, 5) is 24.7. The number of carbonyl (C=O) groups excluding carboxylic acids is 1. The van der Waals surface area contributed by atoms with E-state index in [0.717, 1.165) is 12.8 Å². The molecule has 8 heteroatoms. The first-order chi connectivity index (χ1) is 12.6. The molecule has 0 bridgehead atoms. The van der Waals surface area contributed by atoms with E-state index in [0.29, 0.717) is 25.4 Å². The van der Waals surface area contributed by atoms with E-state index < -0.39 is 17.2 Å². The van der Waals surface area contributed by atoms with Gasteiger partial charge in [-0.3, -0.25) is 9.59 Å². The van der Waals surface area contributed by atoms with E-state index >= 15 is 0 Å². The number of rotatable bonds is 6. The van der Waals surface area contributed by atoms with Crippen LogP contribution in [0.5, 0.6) is 5.88 Å². The Morgan fingerprint density at radius 1 is 1.42 bits per heavy atom. The minimum absolute atomic E-state index is 0.0408. The number of nitrogens with one attached hydrogen (secondary N) is 1. The highest BCUT2D eigenvalue weighted by Gasteiger charge is 2.20. The van der Waals surface area contributed by atoms with Gasteiger partial charge in [0.15, 0.2) is 5.69 Å². The van der Waals surface area contributed by atoms with Gasteiger partial charge >= 0.3 is 0 Å². The van der Waals surface area contributed by atoms with Crippen molar-refractivity contribution < 1.29 is 18.7 Å². The highest BCUT2D eigenvalue weighted by atomic mass is 19.1. The summed E-state index contributed by atoms with van der Waals surface area (Å²) in [5.41, 5.74) is -0.324. The van der Waals surface area contributed by atoms with E-state index in [1.54, 1.807) is 6.92 Å². The highest BCUT2D eigenvalue weighted by Crippen LogP contribution is 2.16. The molecule has 138 valence electrons. The molecule has 1 unspecified atom stereocenters. The number of aromatic nitrogens is 2. The molecule has 1 amide bonds. The summed E-state index contributed by atoms with van der Waals surface area (Å²) in [5.74, 6) is -0.800. The molecule has 2 heterocycles. The minimum Gasteiger partial charge on any atom is -0.478 e. The fourth-order valence-electron chi connectivity index (χ4n) is 2.71.